The van der Waals surface area contributed by atoms with Crippen molar-refractivity contribution in [3.05, 3.63) is 78.1 Å². The minimum absolute atomic E-state index is 0.0463. The average molecular weight is 359 g/mol. The van der Waals surface area contributed by atoms with Crippen LogP contribution in [0.3, 0.4) is 0 Å². The lowest BCUT2D eigenvalue weighted by Gasteiger charge is -2.13. The predicted molar refractivity (Wildman–Crippen MR) is 103 cm³/mol. The van der Waals surface area contributed by atoms with Crippen LogP contribution in [-0.2, 0) is 17.6 Å². The van der Waals surface area contributed by atoms with Crippen LogP contribution >= 0.6 is 0 Å². The van der Waals surface area contributed by atoms with Crippen LogP contribution in [0, 0.1) is 0 Å². The second-order valence-corrected chi connectivity index (χ2v) is 6.60. The predicted octanol–water partition coefficient (Wildman–Crippen LogP) is 3.20. The van der Waals surface area contributed by atoms with Crippen molar-refractivity contribution in [2.45, 2.75) is 25.4 Å². The highest BCUT2D eigenvalue weighted by Crippen LogP contribution is 2.37. The van der Waals surface area contributed by atoms with E-state index in [1.807, 2.05) is 42.5 Å². The number of ether oxygens (including phenoxy) is 1. The first-order valence-corrected chi connectivity index (χ1v) is 9.16. The molecule has 0 aliphatic carbocycles. The highest BCUT2D eigenvalue weighted by Gasteiger charge is 2.26. The van der Waals surface area contributed by atoms with E-state index in [1.165, 1.54) is 5.56 Å². The Bertz CT molecular complexity index is 913. The minimum atomic E-state index is -0.0643. The van der Waals surface area contributed by atoms with Crippen molar-refractivity contribution in [2.75, 3.05) is 6.54 Å². The van der Waals surface area contributed by atoms with E-state index in [9.17, 15) is 4.79 Å². The van der Waals surface area contributed by atoms with Crippen molar-refractivity contribution in [2.24, 2.45) is 0 Å². The molecule has 0 fully saturated rings. The van der Waals surface area contributed by atoms with E-state index in [-0.39, 0.29) is 12.0 Å². The molecule has 1 aliphatic rings. The normalized spacial score (nSPS) is 15.0. The van der Waals surface area contributed by atoms with E-state index < -0.39 is 0 Å². The summed E-state index contributed by atoms with van der Waals surface area (Å²) in [5.74, 6) is 1.53. The quantitative estimate of drug-likeness (QED) is 0.734. The van der Waals surface area contributed by atoms with Gasteiger partial charge in [0.2, 0.25) is 5.91 Å². The van der Waals surface area contributed by atoms with Crippen LogP contribution in [0.1, 0.15) is 17.5 Å². The maximum atomic E-state index is 12.1. The molecule has 1 aliphatic heterocycles. The molecule has 2 heterocycles. The van der Waals surface area contributed by atoms with Crippen LogP contribution in [0.5, 0.6) is 5.75 Å². The van der Waals surface area contributed by atoms with Gasteiger partial charge in [-0.1, -0.05) is 42.5 Å². The highest BCUT2D eigenvalue weighted by molar-refractivity contribution is 5.76. The van der Waals surface area contributed by atoms with Crippen LogP contribution in [0.4, 0.5) is 0 Å². The molecule has 0 radical (unpaired) electrons. The summed E-state index contributed by atoms with van der Waals surface area (Å²) in [5.41, 5.74) is 3.19. The van der Waals surface area contributed by atoms with Crippen LogP contribution in [0.2, 0.25) is 0 Å². The van der Waals surface area contributed by atoms with Gasteiger partial charge in [-0.3, -0.25) is 4.79 Å². The number of benzene rings is 2. The number of carbonyl (C=O) groups excluding carboxylic acids is 1. The molecule has 5 nitrogen and oxygen atoms in total. The first kappa shape index (κ1) is 17.2. The Morgan fingerprint density at radius 1 is 1.04 bits per heavy atom. The lowest BCUT2D eigenvalue weighted by Crippen LogP contribution is -2.34. The van der Waals surface area contributed by atoms with E-state index in [2.05, 4.69) is 21.4 Å². The molecule has 1 amide bonds. The van der Waals surface area contributed by atoms with Crippen LogP contribution in [-0.4, -0.2) is 28.5 Å². The van der Waals surface area contributed by atoms with Crippen molar-refractivity contribution in [3.63, 3.8) is 0 Å². The second kappa shape index (κ2) is 7.99. The van der Waals surface area contributed by atoms with E-state index in [1.54, 1.807) is 18.5 Å². The van der Waals surface area contributed by atoms with Gasteiger partial charge in [-0.05, 0) is 29.7 Å². The summed E-state index contributed by atoms with van der Waals surface area (Å²) in [5, 5.41) is 2.99. The average Bonchev–Trinajstić information content (AvgIpc) is 3.15. The maximum absolute atomic E-state index is 12.1. The molecule has 1 N–H and O–H groups in total. The highest BCUT2D eigenvalue weighted by atomic mass is 16.5. The van der Waals surface area contributed by atoms with Gasteiger partial charge in [-0.15, -0.1) is 0 Å². The van der Waals surface area contributed by atoms with E-state index in [0.29, 0.717) is 18.8 Å². The number of rotatable bonds is 6. The minimum Gasteiger partial charge on any atom is -0.487 e. The van der Waals surface area contributed by atoms with E-state index in [4.69, 9.17) is 4.74 Å². The largest absolute Gasteiger partial charge is 0.487 e. The number of nitrogens with one attached hydrogen (secondary N) is 1. The van der Waals surface area contributed by atoms with E-state index in [0.717, 1.165) is 29.7 Å². The number of hydrogen-bond donors (Lipinski definition) is 1. The van der Waals surface area contributed by atoms with Crippen molar-refractivity contribution < 1.29 is 9.53 Å². The van der Waals surface area contributed by atoms with E-state index >= 15 is 0 Å². The molecule has 5 heteroatoms. The molecule has 0 unspecified atom stereocenters. The summed E-state index contributed by atoms with van der Waals surface area (Å²) in [7, 11) is 0. The van der Waals surface area contributed by atoms with Gasteiger partial charge in [-0.2, -0.15) is 0 Å². The third-order valence-electron chi connectivity index (χ3n) is 4.65. The number of nitrogens with zero attached hydrogens (tertiary/aromatic N) is 2. The summed E-state index contributed by atoms with van der Waals surface area (Å²) in [4.78, 5) is 20.8. The lowest BCUT2D eigenvalue weighted by atomic mass is 10.1. The summed E-state index contributed by atoms with van der Waals surface area (Å²) in [6.07, 6.45) is 5.38. The Labute approximate surface area is 158 Å². The molecule has 136 valence electrons. The smallest absolute Gasteiger partial charge is 0.220 e. The summed E-state index contributed by atoms with van der Waals surface area (Å²) < 4.78 is 6.11. The Balaban J connectivity index is 1.33. The van der Waals surface area contributed by atoms with Crippen molar-refractivity contribution in [3.8, 4) is 17.1 Å². The summed E-state index contributed by atoms with van der Waals surface area (Å²) >= 11 is 0. The fraction of sp³-hybridized carbons (Fsp3) is 0.227. The first-order chi connectivity index (χ1) is 13.3. The number of fused-ring (bicyclic) bond motifs is 1. The van der Waals surface area contributed by atoms with Crippen molar-refractivity contribution in [1.29, 1.82) is 0 Å². The van der Waals surface area contributed by atoms with Crippen molar-refractivity contribution in [1.82, 2.24) is 15.3 Å². The Hall–Kier alpha value is -3.21. The zero-order valence-electron chi connectivity index (χ0n) is 15.0. The first-order valence-electron chi connectivity index (χ1n) is 9.16. The standard InChI is InChI=1S/C22H21N3O2/c26-20(11-10-16-6-2-1-3-7-16)25-15-18-14-17-8-4-9-19(21(17)27-18)22-23-12-5-13-24-22/h1-9,12-13,18H,10-11,14-15H2,(H,25,26)/t18-/m1/s1. The molecular weight excluding hydrogens is 338 g/mol. The molecule has 3 aromatic rings. The monoisotopic (exact) mass is 359 g/mol. The Morgan fingerprint density at radius 3 is 2.67 bits per heavy atom. The third-order valence-corrected chi connectivity index (χ3v) is 4.65. The van der Waals surface area contributed by atoms with Gasteiger partial charge in [0, 0.05) is 25.2 Å². The summed E-state index contributed by atoms with van der Waals surface area (Å²) in [6, 6.07) is 17.8. The zero-order valence-corrected chi connectivity index (χ0v) is 15.0. The van der Waals surface area contributed by atoms with Crippen LogP contribution < -0.4 is 10.1 Å². The molecule has 1 atom stereocenters. The van der Waals surface area contributed by atoms with Gasteiger partial charge in [-0.25, -0.2) is 9.97 Å². The number of aryl methyl sites for hydroxylation is 1. The van der Waals surface area contributed by atoms with Crippen LogP contribution in [0.25, 0.3) is 11.4 Å². The fourth-order valence-corrected chi connectivity index (χ4v) is 3.29. The zero-order chi connectivity index (χ0) is 18.5. The van der Waals surface area contributed by atoms with Gasteiger partial charge < -0.3 is 10.1 Å². The lowest BCUT2D eigenvalue weighted by molar-refractivity contribution is -0.121. The molecular formula is C22H21N3O2. The van der Waals surface area contributed by atoms with Gasteiger partial charge in [0.05, 0.1) is 12.1 Å². The van der Waals surface area contributed by atoms with Gasteiger partial charge in [0.25, 0.3) is 0 Å². The third kappa shape index (κ3) is 4.14. The number of para-hydroxylation sites is 1. The fourth-order valence-electron chi connectivity index (χ4n) is 3.29. The molecule has 4 rings (SSSR count). The van der Waals surface area contributed by atoms with Gasteiger partial charge in [0.15, 0.2) is 5.82 Å². The second-order valence-electron chi connectivity index (χ2n) is 6.60. The Morgan fingerprint density at radius 2 is 1.85 bits per heavy atom. The molecule has 0 bridgehead atoms. The van der Waals surface area contributed by atoms with Gasteiger partial charge >= 0.3 is 0 Å². The molecule has 0 saturated carbocycles. The SMILES string of the molecule is O=C(CCc1ccccc1)NC[C@H]1Cc2cccc(-c3ncccn3)c2O1. The number of carbonyl (C=O) groups is 1. The Kier molecular flexibility index (Phi) is 5.10. The molecule has 1 aromatic heterocycles. The molecule has 27 heavy (non-hydrogen) atoms. The molecule has 0 saturated heterocycles. The van der Waals surface area contributed by atoms with Crippen LogP contribution in [0.15, 0.2) is 67.0 Å². The molecule has 2 aromatic carbocycles. The number of amides is 1. The summed E-state index contributed by atoms with van der Waals surface area (Å²) in [6.45, 7) is 0.497. The maximum Gasteiger partial charge on any atom is 0.220 e. The number of aromatic nitrogens is 2. The topological polar surface area (TPSA) is 64.1 Å². The number of hydrogen-bond acceptors (Lipinski definition) is 4. The van der Waals surface area contributed by atoms with Gasteiger partial charge in [0.1, 0.15) is 11.9 Å². The molecule has 0 spiro atoms. The van der Waals surface area contributed by atoms with Crippen molar-refractivity contribution >= 4 is 5.91 Å².